The molecule has 0 saturated heterocycles. The molecule has 32 heavy (non-hydrogen) atoms. The van der Waals surface area contributed by atoms with E-state index in [4.69, 9.17) is 27.9 Å². The van der Waals surface area contributed by atoms with Crippen LogP contribution in [0.5, 0.6) is 5.75 Å². The third-order valence-electron chi connectivity index (χ3n) is 4.68. The van der Waals surface area contributed by atoms with Gasteiger partial charge in [-0.2, -0.15) is 5.10 Å². The maximum Gasteiger partial charge on any atom is 0.271 e. The Kier molecular flexibility index (Phi) is 7.87. The number of benzene rings is 3. The van der Waals surface area contributed by atoms with E-state index in [2.05, 4.69) is 15.8 Å². The van der Waals surface area contributed by atoms with E-state index < -0.39 is 0 Å². The van der Waals surface area contributed by atoms with Crippen molar-refractivity contribution in [1.82, 2.24) is 5.43 Å². The fourth-order valence-corrected chi connectivity index (χ4v) is 3.13. The third-order valence-corrected chi connectivity index (χ3v) is 5.23. The largest absolute Gasteiger partial charge is 0.482 e. The van der Waals surface area contributed by atoms with Gasteiger partial charge in [0, 0.05) is 16.3 Å². The van der Waals surface area contributed by atoms with E-state index in [-0.39, 0.29) is 18.4 Å². The molecule has 2 N–H and O–H groups in total. The van der Waals surface area contributed by atoms with Gasteiger partial charge in [-0.25, -0.2) is 5.43 Å². The molecule has 0 bridgehead atoms. The normalized spacial score (nSPS) is 10.8. The van der Waals surface area contributed by atoms with Crippen molar-refractivity contribution in [2.75, 3.05) is 11.9 Å². The van der Waals surface area contributed by atoms with Gasteiger partial charge in [-0.3, -0.25) is 9.59 Å². The highest BCUT2D eigenvalue weighted by atomic mass is 35.5. The summed E-state index contributed by atoms with van der Waals surface area (Å²) in [4.78, 5) is 24.3. The van der Waals surface area contributed by atoms with Crippen molar-refractivity contribution in [1.29, 1.82) is 0 Å². The van der Waals surface area contributed by atoms with E-state index in [9.17, 15) is 9.59 Å². The molecule has 0 heterocycles. The van der Waals surface area contributed by atoms with Gasteiger partial charge in [-0.15, -0.1) is 0 Å². The second-order valence-electron chi connectivity index (χ2n) is 6.98. The smallest absolute Gasteiger partial charge is 0.271 e. The summed E-state index contributed by atoms with van der Waals surface area (Å²) in [5.41, 5.74) is 6.37. The van der Waals surface area contributed by atoms with Crippen molar-refractivity contribution in [3.8, 4) is 5.75 Å². The molecule has 3 aromatic rings. The van der Waals surface area contributed by atoms with Crippen molar-refractivity contribution >= 4 is 46.9 Å². The minimum absolute atomic E-state index is 0.183. The van der Waals surface area contributed by atoms with Crippen LogP contribution in [0.4, 0.5) is 5.69 Å². The number of nitrogens with zero attached hydrogens (tertiary/aromatic N) is 1. The zero-order chi connectivity index (χ0) is 23.1. The van der Waals surface area contributed by atoms with Crippen LogP contribution in [-0.2, 0) is 4.79 Å². The number of hydrogen-bond acceptors (Lipinski definition) is 4. The van der Waals surface area contributed by atoms with Gasteiger partial charge >= 0.3 is 0 Å². The molecule has 0 unspecified atom stereocenters. The van der Waals surface area contributed by atoms with Gasteiger partial charge in [-0.05, 0) is 79.1 Å². The summed E-state index contributed by atoms with van der Waals surface area (Å²) in [5, 5.41) is 7.62. The predicted molar refractivity (Wildman–Crippen MR) is 128 cm³/mol. The molecule has 0 fully saturated rings. The Hall–Kier alpha value is -3.35. The van der Waals surface area contributed by atoms with Crippen LogP contribution in [-0.4, -0.2) is 24.6 Å². The molecule has 0 atom stereocenters. The first-order chi connectivity index (χ1) is 15.3. The Morgan fingerprint density at radius 1 is 1.03 bits per heavy atom. The minimum atomic E-state index is -0.362. The molecule has 3 aromatic carbocycles. The van der Waals surface area contributed by atoms with Crippen molar-refractivity contribution < 1.29 is 14.3 Å². The van der Waals surface area contributed by atoms with Gasteiger partial charge in [0.25, 0.3) is 11.8 Å². The zero-order valence-electron chi connectivity index (χ0n) is 17.5. The molecular weight excluding hydrogens is 449 g/mol. The van der Waals surface area contributed by atoms with Crippen LogP contribution < -0.4 is 15.5 Å². The first kappa shape index (κ1) is 23.3. The third kappa shape index (κ3) is 6.33. The Balaban J connectivity index is 1.53. The molecule has 0 aliphatic rings. The molecule has 164 valence electrons. The average Bonchev–Trinajstić information content (AvgIpc) is 2.77. The highest BCUT2D eigenvalue weighted by Crippen LogP contribution is 2.25. The van der Waals surface area contributed by atoms with Gasteiger partial charge in [0.05, 0.1) is 11.2 Å². The number of nitrogens with one attached hydrogen (secondary N) is 2. The van der Waals surface area contributed by atoms with Crippen LogP contribution in [0.25, 0.3) is 0 Å². The minimum Gasteiger partial charge on any atom is -0.482 e. The molecule has 2 amide bonds. The van der Waals surface area contributed by atoms with Crippen molar-refractivity contribution in [3.63, 3.8) is 0 Å². The number of carbonyl (C=O) groups excluding carboxylic acids is 2. The van der Waals surface area contributed by atoms with Crippen LogP contribution in [0.3, 0.4) is 0 Å². The standard InChI is InChI=1S/C24H21Cl2N3O3/c1-15-4-3-5-21(16(15)2)28-23(30)14-32-22-11-6-17(12-20(22)26)13-27-29-24(31)18-7-9-19(25)10-8-18/h3-13H,14H2,1-2H3,(H,28,30)(H,29,31)/b27-13+. The summed E-state index contributed by atoms with van der Waals surface area (Å²) in [6, 6.07) is 17.1. The SMILES string of the molecule is Cc1cccc(NC(=O)COc2ccc(/C=N/NC(=O)c3ccc(Cl)cc3)cc2Cl)c1C. The molecule has 0 spiro atoms. The van der Waals surface area contributed by atoms with Gasteiger partial charge in [0.15, 0.2) is 6.61 Å². The Bertz CT molecular complexity index is 1160. The Morgan fingerprint density at radius 2 is 1.78 bits per heavy atom. The second-order valence-corrected chi connectivity index (χ2v) is 7.82. The fraction of sp³-hybridized carbons (Fsp3) is 0.125. The highest BCUT2D eigenvalue weighted by molar-refractivity contribution is 6.32. The van der Waals surface area contributed by atoms with Crippen molar-refractivity contribution in [3.05, 3.63) is 93.0 Å². The lowest BCUT2D eigenvalue weighted by molar-refractivity contribution is -0.118. The number of carbonyl (C=O) groups is 2. The van der Waals surface area contributed by atoms with E-state index in [0.29, 0.717) is 26.9 Å². The summed E-state index contributed by atoms with van der Waals surface area (Å²) in [5.74, 6) is -0.283. The molecule has 0 aliphatic heterocycles. The van der Waals surface area contributed by atoms with Gasteiger partial charge < -0.3 is 10.1 Å². The van der Waals surface area contributed by atoms with Crippen LogP contribution in [0.1, 0.15) is 27.0 Å². The summed E-state index contributed by atoms with van der Waals surface area (Å²) < 4.78 is 5.54. The lowest BCUT2D eigenvalue weighted by Crippen LogP contribution is -2.21. The van der Waals surface area contributed by atoms with Crippen LogP contribution in [0.15, 0.2) is 65.8 Å². The summed E-state index contributed by atoms with van der Waals surface area (Å²) in [6.45, 7) is 3.74. The van der Waals surface area contributed by atoms with Gasteiger partial charge in [0.1, 0.15) is 5.75 Å². The van der Waals surface area contributed by atoms with Gasteiger partial charge in [0.2, 0.25) is 0 Å². The van der Waals surface area contributed by atoms with Gasteiger partial charge in [-0.1, -0.05) is 35.3 Å². The summed E-state index contributed by atoms with van der Waals surface area (Å²) in [7, 11) is 0. The first-order valence-corrected chi connectivity index (χ1v) is 10.5. The van der Waals surface area contributed by atoms with E-state index in [0.717, 1.165) is 16.8 Å². The molecule has 6 nitrogen and oxygen atoms in total. The zero-order valence-corrected chi connectivity index (χ0v) is 19.0. The molecule has 3 rings (SSSR count). The molecule has 0 aromatic heterocycles. The number of halogens is 2. The number of hydrazone groups is 1. The predicted octanol–water partition coefficient (Wildman–Crippen LogP) is 5.39. The lowest BCUT2D eigenvalue weighted by atomic mass is 10.1. The second kappa shape index (κ2) is 10.8. The number of ether oxygens (including phenoxy) is 1. The first-order valence-electron chi connectivity index (χ1n) is 9.71. The van der Waals surface area contributed by atoms with E-state index in [1.165, 1.54) is 6.21 Å². The summed E-state index contributed by atoms with van der Waals surface area (Å²) in [6.07, 6.45) is 1.46. The van der Waals surface area contributed by atoms with Crippen molar-refractivity contribution in [2.24, 2.45) is 5.10 Å². The maximum atomic E-state index is 12.2. The number of amides is 2. The highest BCUT2D eigenvalue weighted by Gasteiger charge is 2.09. The maximum absolute atomic E-state index is 12.2. The van der Waals surface area contributed by atoms with E-state index in [1.54, 1.807) is 42.5 Å². The molecule has 8 heteroatoms. The number of rotatable bonds is 7. The summed E-state index contributed by atoms with van der Waals surface area (Å²) >= 11 is 12.1. The number of hydrogen-bond donors (Lipinski definition) is 2. The topological polar surface area (TPSA) is 79.8 Å². The number of aryl methyl sites for hydroxylation is 1. The Morgan fingerprint density at radius 3 is 2.50 bits per heavy atom. The van der Waals surface area contributed by atoms with Crippen LogP contribution >= 0.6 is 23.2 Å². The quantitative estimate of drug-likeness (QED) is 0.359. The van der Waals surface area contributed by atoms with E-state index in [1.807, 2.05) is 32.0 Å². The molecule has 0 aliphatic carbocycles. The van der Waals surface area contributed by atoms with Crippen LogP contribution in [0, 0.1) is 13.8 Å². The lowest BCUT2D eigenvalue weighted by Gasteiger charge is -2.12. The van der Waals surface area contributed by atoms with Crippen LogP contribution in [0.2, 0.25) is 10.0 Å². The average molecular weight is 470 g/mol. The fourth-order valence-electron chi connectivity index (χ4n) is 2.76. The Labute approximate surface area is 196 Å². The number of anilines is 1. The molecule has 0 saturated carbocycles. The van der Waals surface area contributed by atoms with E-state index >= 15 is 0 Å². The molecule has 0 radical (unpaired) electrons. The monoisotopic (exact) mass is 469 g/mol. The molecular formula is C24H21Cl2N3O3. The van der Waals surface area contributed by atoms with Crippen molar-refractivity contribution in [2.45, 2.75) is 13.8 Å².